The number of halogens is 1. The van der Waals surface area contributed by atoms with Gasteiger partial charge >= 0.3 is 0 Å². The molecule has 0 saturated carbocycles. The summed E-state index contributed by atoms with van der Waals surface area (Å²) in [7, 11) is 0. The molecule has 0 atom stereocenters. The van der Waals surface area contributed by atoms with Gasteiger partial charge in [-0.05, 0) is 6.07 Å². The maximum Gasteiger partial charge on any atom is 0.126 e. The summed E-state index contributed by atoms with van der Waals surface area (Å²) in [6.07, 6.45) is 3.37. The van der Waals surface area contributed by atoms with Gasteiger partial charge in [0, 0.05) is 29.9 Å². The highest BCUT2D eigenvalue weighted by Crippen LogP contribution is 2.28. The predicted molar refractivity (Wildman–Crippen MR) is 58.2 cm³/mol. The normalized spacial score (nSPS) is 10.4. The monoisotopic (exact) mass is 225 g/mol. The van der Waals surface area contributed by atoms with Crippen LogP contribution in [-0.4, -0.2) is 9.97 Å². The Hall–Kier alpha value is -0.970. The van der Waals surface area contributed by atoms with E-state index in [4.69, 9.17) is 17.3 Å². The minimum Gasteiger partial charge on any atom is -0.325 e. The number of nitrogens with two attached hydrogens (primary N) is 1. The van der Waals surface area contributed by atoms with Crippen LogP contribution in [0.4, 0.5) is 0 Å². The van der Waals surface area contributed by atoms with Crippen molar-refractivity contribution in [2.45, 2.75) is 6.54 Å². The van der Waals surface area contributed by atoms with Gasteiger partial charge < -0.3 is 5.73 Å². The van der Waals surface area contributed by atoms with Gasteiger partial charge in [0.2, 0.25) is 0 Å². The largest absolute Gasteiger partial charge is 0.325 e. The van der Waals surface area contributed by atoms with Crippen molar-refractivity contribution in [1.82, 2.24) is 9.97 Å². The van der Waals surface area contributed by atoms with E-state index in [1.54, 1.807) is 18.5 Å². The highest BCUT2D eigenvalue weighted by molar-refractivity contribution is 7.13. The summed E-state index contributed by atoms with van der Waals surface area (Å²) in [6.45, 7) is 0.453. The van der Waals surface area contributed by atoms with E-state index in [9.17, 15) is 0 Å². The van der Waals surface area contributed by atoms with Gasteiger partial charge in [0.25, 0.3) is 0 Å². The SMILES string of the molecule is NCc1csc(-c2cnccc2Cl)n1. The van der Waals surface area contributed by atoms with Crippen LogP contribution in [-0.2, 0) is 6.54 Å². The topological polar surface area (TPSA) is 51.8 Å². The lowest BCUT2D eigenvalue weighted by atomic mass is 10.3. The quantitative estimate of drug-likeness (QED) is 0.854. The van der Waals surface area contributed by atoms with Crippen molar-refractivity contribution in [3.63, 3.8) is 0 Å². The molecular weight excluding hydrogens is 218 g/mol. The first-order chi connectivity index (χ1) is 6.81. The third kappa shape index (κ3) is 1.77. The van der Waals surface area contributed by atoms with E-state index >= 15 is 0 Å². The Morgan fingerprint density at radius 3 is 3.00 bits per heavy atom. The molecule has 2 aromatic heterocycles. The molecule has 0 fully saturated rings. The number of aromatic nitrogens is 2. The molecule has 2 heterocycles. The summed E-state index contributed by atoms with van der Waals surface area (Å²) in [6, 6.07) is 1.75. The minimum absolute atomic E-state index is 0.453. The fraction of sp³-hybridized carbons (Fsp3) is 0.111. The molecule has 72 valence electrons. The second kappa shape index (κ2) is 4.04. The molecule has 0 spiro atoms. The zero-order chi connectivity index (χ0) is 9.97. The molecule has 0 unspecified atom stereocenters. The van der Waals surface area contributed by atoms with Crippen LogP contribution in [0.15, 0.2) is 23.8 Å². The van der Waals surface area contributed by atoms with Crippen LogP contribution in [0.2, 0.25) is 5.02 Å². The molecule has 5 heteroatoms. The molecule has 0 saturated heterocycles. The van der Waals surface area contributed by atoms with E-state index in [1.165, 1.54) is 11.3 Å². The van der Waals surface area contributed by atoms with Gasteiger partial charge in [0.05, 0.1) is 10.7 Å². The lowest BCUT2D eigenvalue weighted by molar-refractivity contribution is 1.01. The lowest BCUT2D eigenvalue weighted by Gasteiger charge is -1.97. The van der Waals surface area contributed by atoms with Crippen LogP contribution >= 0.6 is 22.9 Å². The Kier molecular flexibility index (Phi) is 2.77. The highest BCUT2D eigenvalue weighted by atomic mass is 35.5. The summed E-state index contributed by atoms with van der Waals surface area (Å²) >= 11 is 7.53. The first kappa shape index (κ1) is 9.58. The molecule has 0 bridgehead atoms. The molecule has 2 aromatic rings. The number of nitrogens with zero attached hydrogens (tertiary/aromatic N) is 2. The van der Waals surface area contributed by atoms with Gasteiger partial charge in [0.15, 0.2) is 0 Å². The van der Waals surface area contributed by atoms with Crippen molar-refractivity contribution in [2.24, 2.45) is 5.73 Å². The molecule has 0 aromatic carbocycles. The minimum atomic E-state index is 0.453. The van der Waals surface area contributed by atoms with Crippen LogP contribution in [0.1, 0.15) is 5.69 Å². The van der Waals surface area contributed by atoms with E-state index in [1.807, 2.05) is 5.38 Å². The fourth-order valence-corrected chi connectivity index (χ4v) is 2.17. The number of thiazole rings is 1. The fourth-order valence-electron chi connectivity index (χ4n) is 1.06. The molecule has 0 aliphatic heterocycles. The standard InChI is InChI=1S/C9H8ClN3S/c10-8-1-2-12-4-7(8)9-13-6(3-11)5-14-9/h1-2,4-5H,3,11H2. The third-order valence-electron chi connectivity index (χ3n) is 1.76. The molecule has 2 rings (SSSR count). The van der Waals surface area contributed by atoms with Crippen molar-refractivity contribution < 1.29 is 0 Å². The smallest absolute Gasteiger partial charge is 0.126 e. The van der Waals surface area contributed by atoms with Crippen molar-refractivity contribution in [3.05, 3.63) is 34.6 Å². The van der Waals surface area contributed by atoms with Crippen LogP contribution in [0.5, 0.6) is 0 Å². The molecule has 0 radical (unpaired) electrons. The Balaban J connectivity index is 2.44. The van der Waals surface area contributed by atoms with Gasteiger partial charge in [0.1, 0.15) is 5.01 Å². The zero-order valence-corrected chi connectivity index (χ0v) is 8.85. The van der Waals surface area contributed by atoms with Gasteiger partial charge in [-0.15, -0.1) is 11.3 Å². The van der Waals surface area contributed by atoms with Crippen LogP contribution in [0.3, 0.4) is 0 Å². The van der Waals surface area contributed by atoms with E-state index in [2.05, 4.69) is 9.97 Å². The summed E-state index contributed by atoms with van der Waals surface area (Å²) in [5.41, 5.74) is 7.21. The van der Waals surface area contributed by atoms with Gasteiger partial charge in [-0.1, -0.05) is 11.6 Å². The highest BCUT2D eigenvalue weighted by Gasteiger charge is 2.07. The number of hydrogen-bond donors (Lipinski definition) is 1. The maximum atomic E-state index is 6.01. The first-order valence-electron chi connectivity index (χ1n) is 4.05. The average molecular weight is 226 g/mol. The Bertz CT molecular complexity index is 441. The first-order valence-corrected chi connectivity index (χ1v) is 5.31. The van der Waals surface area contributed by atoms with Crippen molar-refractivity contribution >= 4 is 22.9 Å². The summed E-state index contributed by atoms with van der Waals surface area (Å²) in [5, 5.41) is 3.46. The molecule has 2 N–H and O–H groups in total. The number of hydrogen-bond acceptors (Lipinski definition) is 4. The van der Waals surface area contributed by atoms with E-state index in [0.29, 0.717) is 11.6 Å². The van der Waals surface area contributed by atoms with Crippen LogP contribution < -0.4 is 5.73 Å². The Morgan fingerprint density at radius 1 is 1.50 bits per heavy atom. The molecule has 0 amide bonds. The van der Waals surface area contributed by atoms with Gasteiger partial charge in [-0.2, -0.15) is 0 Å². The predicted octanol–water partition coefficient (Wildman–Crippen LogP) is 2.32. The van der Waals surface area contributed by atoms with Crippen molar-refractivity contribution in [2.75, 3.05) is 0 Å². The Morgan fingerprint density at radius 2 is 2.36 bits per heavy atom. The molecule has 14 heavy (non-hydrogen) atoms. The zero-order valence-electron chi connectivity index (χ0n) is 7.27. The van der Waals surface area contributed by atoms with E-state index in [-0.39, 0.29) is 0 Å². The second-order valence-corrected chi connectivity index (χ2v) is 3.97. The van der Waals surface area contributed by atoms with Gasteiger partial charge in [-0.3, -0.25) is 4.98 Å². The summed E-state index contributed by atoms with van der Waals surface area (Å²) in [5.74, 6) is 0. The number of pyridine rings is 1. The summed E-state index contributed by atoms with van der Waals surface area (Å²) in [4.78, 5) is 8.34. The third-order valence-corrected chi connectivity index (χ3v) is 3.01. The van der Waals surface area contributed by atoms with E-state index < -0.39 is 0 Å². The average Bonchev–Trinajstić information content (AvgIpc) is 2.67. The Labute approximate surface area is 90.6 Å². The van der Waals surface area contributed by atoms with Crippen molar-refractivity contribution in [1.29, 1.82) is 0 Å². The maximum absolute atomic E-state index is 6.01. The van der Waals surface area contributed by atoms with E-state index in [0.717, 1.165) is 16.3 Å². The molecule has 0 aliphatic carbocycles. The van der Waals surface area contributed by atoms with Crippen LogP contribution in [0.25, 0.3) is 10.6 Å². The van der Waals surface area contributed by atoms with Crippen LogP contribution in [0, 0.1) is 0 Å². The van der Waals surface area contributed by atoms with Crippen molar-refractivity contribution in [3.8, 4) is 10.6 Å². The molecule has 0 aliphatic rings. The van der Waals surface area contributed by atoms with Gasteiger partial charge in [-0.25, -0.2) is 4.98 Å². The summed E-state index contributed by atoms with van der Waals surface area (Å²) < 4.78 is 0. The number of rotatable bonds is 2. The molecular formula is C9H8ClN3S. The lowest BCUT2D eigenvalue weighted by Crippen LogP contribution is -1.95. The second-order valence-electron chi connectivity index (χ2n) is 2.70. The molecule has 3 nitrogen and oxygen atoms in total.